The minimum Gasteiger partial charge on any atom is -0.467 e. The van der Waals surface area contributed by atoms with Crippen molar-refractivity contribution >= 4 is 34.7 Å². The Hall–Kier alpha value is -3.39. The topological polar surface area (TPSA) is 91.7 Å². The Kier molecular flexibility index (Phi) is 8.28. The summed E-state index contributed by atoms with van der Waals surface area (Å²) in [5, 5.41) is 7.50. The van der Waals surface area contributed by atoms with Crippen LogP contribution in [0.3, 0.4) is 0 Å². The highest BCUT2D eigenvalue weighted by molar-refractivity contribution is 7.12. The predicted molar refractivity (Wildman–Crippen MR) is 134 cm³/mol. The number of rotatable bonds is 10. The van der Waals surface area contributed by atoms with Gasteiger partial charge in [0.2, 0.25) is 5.91 Å². The number of carbonyl (C=O) groups excluding carboxylic acids is 3. The standard InChI is InChI=1S/C26H31N3O4S/c1-5-18-11-13-19(14-12-18)29(22(30)17-27-24(31)21-10-8-16-34-21)23(20-9-7-15-33-20)25(32)28-26(3,4)6-2/h7-16,23H,5-6,17H2,1-4H3,(H,27,31)(H,28,32)/t23-/m0/s1. The van der Waals surface area contributed by atoms with E-state index in [4.69, 9.17) is 4.42 Å². The van der Waals surface area contributed by atoms with E-state index in [2.05, 4.69) is 10.6 Å². The molecule has 0 bridgehead atoms. The van der Waals surface area contributed by atoms with Gasteiger partial charge in [-0.15, -0.1) is 11.3 Å². The summed E-state index contributed by atoms with van der Waals surface area (Å²) in [5.41, 5.74) is 1.17. The van der Waals surface area contributed by atoms with Gasteiger partial charge in [0, 0.05) is 11.2 Å². The number of thiophene rings is 1. The number of aryl methyl sites for hydroxylation is 1. The summed E-state index contributed by atoms with van der Waals surface area (Å²) in [6.07, 6.45) is 3.03. The maximum Gasteiger partial charge on any atom is 0.261 e. The molecule has 8 heteroatoms. The maximum absolute atomic E-state index is 13.5. The molecule has 7 nitrogen and oxygen atoms in total. The van der Waals surface area contributed by atoms with E-state index in [1.807, 2.05) is 52.0 Å². The highest BCUT2D eigenvalue weighted by Crippen LogP contribution is 2.29. The van der Waals surface area contributed by atoms with E-state index in [0.717, 1.165) is 12.0 Å². The van der Waals surface area contributed by atoms with Crippen molar-refractivity contribution in [1.82, 2.24) is 10.6 Å². The van der Waals surface area contributed by atoms with Crippen LogP contribution in [-0.2, 0) is 16.0 Å². The molecule has 1 atom stereocenters. The number of benzene rings is 1. The summed E-state index contributed by atoms with van der Waals surface area (Å²) in [6, 6.07) is 13.3. The highest BCUT2D eigenvalue weighted by Gasteiger charge is 2.36. The van der Waals surface area contributed by atoms with Gasteiger partial charge in [0.1, 0.15) is 5.76 Å². The first-order chi connectivity index (χ1) is 16.3. The molecule has 2 heterocycles. The molecule has 1 aromatic carbocycles. The third kappa shape index (κ3) is 6.14. The molecule has 2 aromatic heterocycles. The molecule has 2 N–H and O–H groups in total. The van der Waals surface area contributed by atoms with Gasteiger partial charge in [-0.1, -0.05) is 32.0 Å². The van der Waals surface area contributed by atoms with Gasteiger partial charge in [-0.05, 0) is 68.0 Å². The molecule has 0 aliphatic carbocycles. The average molecular weight is 482 g/mol. The third-order valence-corrected chi connectivity index (χ3v) is 6.57. The van der Waals surface area contributed by atoms with E-state index in [-0.39, 0.29) is 18.4 Å². The minimum absolute atomic E-state index is 0.270. The summed E-state index contributed by atoms with van der Waals surface area (Å²) in [6.45, 7) is 7.60. The summed E-state index contributed by atoms with van der Waals surface area (Å²) < 4.78 is 5.61. The second kappa shape index (κ2) is 11.2. The summed E-state index contributed by atoms with van der Waals surface area (Å²) in [5.74, 6) is -0.794. The van der Waals surface area contributed by atoms with Crippen LogP contribution in [0.15, 0.2) is 64.6 Å². The molecular weight excluding hydrogens is 450 g/mol. The van der Waals surface area contributed by atoms with Crippen LogP contribution in [0.1, 0.15) is 61.2 Å². The van der Waals surface area contributed by atoms with Gasteiger partial charge in [0.05, 0.1) is 17.7 Å². The van der Waals surface area contributed by atoms with Gasteiger partial charge in [-0.2, -0.15) is 0 Å². The fourth-order valence-corrected chi connectivity index (χ4v) is 4.02. The molecule has 0 unspecified atom stereocenters. The van der Waals surface area contributed by atoms with Gasteiger partial charge < -0.3 is 15.1 Å². The zero-order valence-corrected chi connectivity index (χ0v) is 20.8. The third-order valence-electron chi connectivity index (χ3n) is 5.70. The fraction of sp³-hybridized carbons (Fsp3) is 0.346. The zero-order chi connectivity index (χ0) is 24.7. The monoisotopic (exact) mass is 481 g/mol. The number of hydrogen-bond donors (Lipinski definition) is 2. The van der Waals surface area contributed by atoms with Gasteiger partial charge in [-0.3, -0.25) is 19.3 Å². The van der Waals surface area contributed by atoms with Crippen LogP contribution in [0.5, 0.6) is 0 Å². The van der Waals surface area contributed by atoms with Crippen molar-refractivity contribution in [2.75, 3.05) is 11.4 Å². The highest BCUT2D eigenvalue weighted by atomic mass is 32.1. The molecule has 0 radical (unpaired) electrons. The van der Waals surface area contributed by atoms with Gasteiger partial charge >= 0.3 is 0 Å². The summed E-state index contributed by atoms with van der Waals surface area (Å²) in [7, 11) is 0. The van der Waals surface area contributed by atoms with Crippen molar-refractivity contribution in [3.05, 3.63) is 76.4 Å². The SMILES string of the molecule is CCc1ccc(N(C(=O)CNC(=O)c2cccs2)[C@H](C(=O)NC(C)(C)CC)c2ccco2)cc1. The van der Waals surface area contributed by atoms with Crippen LogP contribution in [0, 0.1) is 0 Å². The second-order valence-electron chi connectivity index (χ2n) is 8.59. The van der Waals surface area contributed by atoms with Crippen LogP contribution < -0.4 is 15.5 Å². The Balaban J connectivity index is 1.97. The van der Waals surface area contributed by atoms with E-state index < -0.39 is 17.5 Å². The molecule has 0 saturated carbocycles. The zero-order valence-electron chi connectivity index (χ0n) is 20.0. The fourth-order valence-electron chi connectivity index (χ4n) is 3.38. The van der Waals surface area contributed by atoms with Crippen LogP contribution in [-0.4, -0.2) is 29.8 Å². The van der Waals surface area contributed by atoms with Crippen LogP contribution >= 0.6 is 11.3 Å². The Bertz CT molecular complexity index is 1090. The van der Waals surface area contributed by atoms with Crippen molar-refractivity contribution in [1.29, 1.82) is 0 Å². The molecule has 0 spiro atoms. The predicted octanol–water partition coefficient (Wildman–Crippen LogP) is 4.71. The first-order valence-corrected chi connectivity index (χ1v) is 12.2. The summed E-state index contributed by atoms with van der Waals surface area (Å²) in [4.78, 5) is 41.4. The Morgan fingerprint density at radius 2 is 1.79 bits per heavy atom. The average Bonchev–Trinajstić information content (AvgIpc) is 3.55. The minimum atomic E-state index is -1.04. The van der Waals surface area contributed by atoms with Crippen LogP contribution in [0.25, 0.3) is 0 Å². The normalized spacial score (nSPS) is 12.1. The molecule has 0 saturated heterocycles. The van der Waals surface area contributed by atoms with Crippen molar-refractivity contribution in [2.24, 2.45) is 0 Å². The molecule has 180 valence electrons. The number of hydrogen-bond acceptors (Lipinski definition) is 5. The molecule has 3 aromatic rings. The van der Waals surface area contributed by atoms with E-state index in [0.29, 0.717) is 22.7 Å². The number of anilines is 1. The summed E-state index contributed by atoms with van der Waals surface area (Å²) >= 11 is 1.29. The quantitative estimate of drug-likeness (QED) is 0.439. The lowest BCUT2D eigenvalue weighted by Crippen LogP contribution is -2.52. The smallest absolute Gasteiger partial charge is 0.261 e. The molecular formula is C26H31N3O4S. The molecule has 34 heavy (non-hydrogen) atoms. The van der Waals surface area contributed by atoms with Crippen LogP contribution in [0.4, 0.5) is 5.69 Å². The Morgan fingerprint density at radius 1 is 1.06 bits per heavy atom. The van der Waals surface area contributed by atoms with E-state index in [1.54, 1.807) is 29.6 Å². The van der Waals surface area contributed by atoms with E-state index >= 15 is 0 Å². The number of carbonyl (C=O) groups is 3. The number of furan rings is 1. The van der Waals surface area contributed by atoms with Crippen molar-refractivity contribution < 1.29 is 18.8 Å². The first kappa shape index (κ1) is 25.2. The van der Waals surface area contributed by atoms with Gasteiger partial charge in [-0.25, -0.2) is 0 Å². The lowest BCUT2D eigenvalue weighted by atomic mass is 10.0. The maximum atomic E-state index is 13.5. The Labute approximate surface area is 204 Å². The molecule has 0 aliphatic rings. The first-order valence-electron chi connectivity index (χ1n) is 11.3. The van der Waals surface area contributed by atoms with Crippen molar-refractivity contribution in [3.63, 3.8) is 0 Å². The number of nitrogens with zero attached hydrogens (tertiary/aromatic N) is 1. The second-order valence-corrected chi connectivity index (χ2v) is 9.54. The lowest BCUT2D eigenvalue weighted by Gasteiger charge is -2.33. The van der Waals surface area contributed by atoms with Crippen molar-refractivity contribution in [3.8, 4) is 0 Å². The number of amides is 3. The Morgan fingerprint density at radius 3 is 2.35 bits per heavy atom. The molecule has 0 fully saturated rings. The van der Waals surface area contributed by atoms with E-state index in [9.17, 15) is 14.4 Å². The van der Waals surface area contributed by atoms with E-state index in [1.165, 1.54) is 22.5 Å². The van der Waals surface area contributed by atoms with Gasteiger partial charge in [0.25, 0.3) is 11.8 Å². The number of nitrogens with one attached hydrogen (secondary N) is 2. The molecule has 3 amide bonds. The van der Waals surface area contributed by atoms with Crippen LogP contribution in [0.2, 0.25) is 0 Å². The van der Waals surface area contributed by atoms with Crippen molar-refractivity contribution in [2.45, 2.75) is 52.1 Å². The largest absolute Gasteiger partial charge is 0.467 e. The van der Waals surface area contributed by atoms with Gasteiger partial charge in [0.15, 0.2) is 6.04 Å². The molecule has 3 rings (SSSR count). The lowest BCUT2D eigenvalue weighted by molar-refractivity contribution is -0.128. The molecule has 0 aliphatic heterocycles.